The van der Waals surface area contributed by atoms with Gasteiger partial charge in [0.15, 0.2) is 0 Å². The lowest BCUT2D eigenvalue weighted by molar-refractivity contribution is -0.145. The van der Waals surface area contributed by atoms with E-state index in [2.05, 4.69) is 5.32 Å². The van der Waals surface area contributed by atoms with E-state index < -0.39 is 35.5 Å². The topological polar surface area (TPSA) is 69.6 Å². The molecule has 0 bridgehead atoms. The SMILES string of the molecule is O=C(NCc1cccc(C(F)(F)F)c1)[C@H]1CN(Cc2ccccc2)C[C@H]1C(=O)O. The fraction of sp³-hybridized carbons (Fsp3) is 0.333. The largest absolute Gasteiger partial charge is 0.481 e. The van der Waals surface area contributed by atoms with Gasteiger partial charge in [0.05, 0.1) is 17.4 Å². The molecule has 1 aliphatic heterocycles. The van der Waals surface area contributed by atoms with Gasteiger partial charge in [0, 0.05) is 26.2 Å². The Hall–Kier alpha value is -2.87. The van der Waals surface area contributed by atoms with Gasteiger partial charge in [0.2, 0.25) is 5.91 Å². The lowest BCUT2D eigenvalue weighted by Gasteiger charge is -2.16. The minimum Gasteiger partial charge on any atom is -0.481 e. The van der Waals surface area contributed by atoms with Crippen LogP contribution in [0, 0.1) is 11.8 Å². The van der Waals surface area contributed by atoms with Crippen molar-refractivity contribution in [2.45, 2.75) is 19.3 Å². The number of benzene rings is 2. The second-order valence-electron chi connectivity index (χ2n) is 7.15. The average molecular weight is 406 g/mol. The van der Waals surface area contributed by atoms with E-state index in [9.17, 15) is 27.9 Å². The molecule has 0 radical (unpaired) electrons. The molecule has 3 rings (SSSR count). The highest BCUT2D eigenvalue weighted by Gasteiger charge is 2.41. The van der Waals surface area contributed by atoms with Gasteiger partial charge >= 0.3 is 12.1 Å². The number of carboxylic acids is 1. The molecule has 29 heavy (non-hydrogen) atoms. The smallest absolute Gasteiger partial charge is 0.416 e. The molecule has 5 nitrogen and oxygen atoms in total. The number of aliphatic carboxylic acids is 1. The van der Waals surface area contributed by atoms with E-state index in [-0.39, 0.29) is 19.6 Å². The van der Waals surface area contributed by atoms with Crippen molar-refractivity contribution in [2.75, 3.05) is 13.1 Å². The summed E-state index contributed by atoms with van der Waals surface area (Å²) < 4.78 is 38.4. The molecule has 1 fully saturated rings. The van der Waals surface area contributed by atoms with Crippen LogP contribution in [0.4, 0.5) is 13.2 Å². The van der Waals surface area contributed by atoms with Gasteiger partial charge in [0.1, 0.15) is 0 Å². The van der Waals surface area contributed by atoms with Crippen LogP contribution in [0.1, 0.15) is 16.7 Å². The highest BCUT2D eigenvalue weighted by atomic mass is 19.4. The molecule has 2 aromatic carbocycles. The summed E-state index contributed by atoms with van der Waals surface area (Å²) in [6.07, 6.45) is -4.46. The van der Waals surface area contributed by atoms with E-state index in [0.29, 0.717) is 12.1 Å². The fourth-order valence-electron chi connectivity index (χ4n) is 3.55. The molecule has 0 saturated carbocycles. The summed E-state index contributed by atoms with van der Waals surface area (Å²) in [6, 6.07) is 14.2. The van der Waals surface area contributed by atoms with E-state index in [1.165, 1.54) is 12.1 Å². The van der Waals surface area contributed by atoms with Crippen LogP contribution in [0.3, 0.4) is 0 Å². The number of hydrogen-bond donors (Lipinski definition) is 2. The van der Waals surface area contributed by atoms with Gasteiger partial charge in [-0.3, -0.25) is 14.5 Å². The van der Waals surface area contributed by atoms with Crippen LogP contribution in [0.5, 0.6) is 0 Å². The van der Waals surface area contributed by atoms with Crippen LogP contribution in [-0.4, -0.2) is 35.0 Å². The van der Waals surface area contributed by atoms with Gasteiger partial charge in [-0.1, -0.05) is 42.5 Å². The first-order chi connectivity index (χ1) is 13.7. The Bertz CT molecular complexity index is 871. The molecule has 1 amide bonds. The van der Waals surface area contributed by atoms with E-state index in [1.807, 2.05) is 35.2 Å². The monoisotopic (exact) mass is 406 g/mol. The number of amides is 1. The lowest BCUT2D eigenvalue weighted by atomic mass is 9.95. The Balaban J connectivity index is 1.63. The third kappa shape index (κ3) is 5.35. The third-order valence-electron chi connectivity index (χ3n) is 5.02. The molecule has 1 aliphatic rings. The molecular weight excluding hydrogens is 385 g/mol. The normalized spacial score (nSPS) is 19.8. The van der Waals surface area contributed by atoms with E-state index >= 15 is 0 Å². The first-order valence-corrected chi connectivity index (χ1v) is 9.17. The first kappa shape index (κ1) is 20.9. The number of carboxylic acid groups (broad SMARTS) is 1. The summed E-state index contributed by atoms with van der Waals surface area (Å²) in [5.41, 5.74) is 0.531. The van der Waals surface area contributed by atoms with Crippen molar-refractivity contribution in [3.8, 4) is 0 Å². The number of carbonyl (C=O) groups is 2. The average Bonchev–Trinajstić information content (AvgIpc) is 3.11. The Kier molecular flexibility index (Phi) is 6.22. The fourth-order valence-corrected chi connectivity index (χ4v) is 3.55. The van der Waals surface area contributed by atoms with Crippen molar-refractivity contribution in [1.82, 2.24) is 10.2 Å². The van der Waals surface area contributed by atoms with Crippen LogP contribution in [0.25, 0.3) is 0 Å². The number of rotatable bonds is 6. The molecule has 0 unspecified atom stereocenters. The summed E-state index contributed by atoms with van der Waals surface area (Å²) >= 11 is 0. The molecule has 1 heterocycles. The standard InChI is InChI=1S/C21H21F3N2O3/c22-21(23,24)16-8-4-7-15(9-16)10-25-19(27)17-12-26(13-18(17)20(28)29)11-14-5-2-1-3-6-14/h1-9,17-18H,10-13H2,(H,25,27)(H,28,29)/t17-,18+/m0/s1. The second-order valence-corrected chi connectivity index (χ2v) is 7.15. The highest BCUT2D eigenvalue weighted by Crippen LogP contribution is 2.30. The molecule has 2 N–H and O–H groups in total. The van der Waals surface area contributed by atoms with Crippen LogP contribution < -0.4 is 5.32 Å². The van der Waals surface area contributed by atoms with Crippen LogP contribution >= 0.6 is 0 Å². The van der Waals surface area contributed by atoms with Crippen LogP contribution in [0.2, 0.25) is 0 Å². The van der Waals surface area contributed by atoms with E-state index in [1.54, 1.807) is 0 Å². The number of nitrogens with one attached hydrogen (secondary N) is 1. The molecule has 2 aromatic rings. The van der Waals surface area contributed by atoms with E-state index in [0.717, 1.165) is 17.7 Å². The quantitative estimate of drug-likeness (QED) is 0.773. The Morgan fingerprint density at radius 2 is 1.66 bits per heavy atom. The van der Waals surface area contributed by atoms with Crippen LogP contribution in [0.15, 0.2) is 54.6 Å². The maximum atomic E-state index is 12.8. The van der Waals surface area contributed by atoms with Crippen molar-refractivity contribution in [3.05, 3.63) is 71.3 Å². The second kappa shape index (κ2) is 8.65. The zero-order valence-electron chi connectivity index (χ0n) is 15.5. The van der Waals surface area contributed by atoms with E-state index in [4.69, 9.17) is 0 Å². The lowest BCUT2D eigenvalue weighted by Crippen LogP contribution is -2.37. The summed E-state index contributed by atoms with van der Waals surface area (Å²) in [4.78, 5) is 26.1. The van der Waals surface area contributed by atoms with Crippen LogP contribution in [-0.2, 0) is 28.9 Å². The van der Waals surface area contributed by atoms with Crippen molar-refractivity contribution < 1.29 is 27.9 Å². The number of nitrogens with zero attached hydrogens (tertiary/aromatic N) is 1. The minimum absolute atomic E-state index is 0.0930. The highest BCUT2D eigenvalue weighted by molar-refractivity contribution is 5.85. The number of alkyl halides is 3. The van der Waals surface area contributed by atoms with Gasteiger partial charge in [-0.25, -0.2) is 0 Å². The Labute approximate surface area is 166 Å². The number of carbonyl (C=O) groups excluding carboxylic acids is 1. The maximum Gasteiger partial charge on any atom is 0.416 e. The van der Waals surface area contributed by atoms with Crippen molar-refractivity contribution in [2.24, 2.45) is 11.8 Å². The van der Waals surface area contributed by atoms with Gasteiger partial charge in [-0.05, 0) is 23.3 Å². The number of halogens is 3. The Morgan fingerprint density at radius 1 is 1.00 bits per heavy atom. The predicted molar refractivity (Wildman–Crippen MR) is 99.6 cm³/mol. The minimum atomic E-state index is -4.46. The summed E-state index contributed by atoms with van der Waals surface area (Å²) in [5.74, 6) is -3.15. The number of likely N-dealkylation sites (tertiary alicyclic amines) is 1. The maximum absolute atomic E-state index is 12.8. The third-order valence-corrected chi connectivity index (χ3v) is 5.02. The first-order valence-electron chi connectivity index (χ1n) is 9.17. The summed E-state index contributed by atoms with van der Waals surface area (Å²) in [5, 5.41) is 12.1. The van der Waals surface area contributed by atoms with Gasteiger partial charge in [0.25, 0.3) is 0 Å². The van der Waals surface area contributed by atoms with Gasteiger partial charge in [-0.2, -0.15) is 13.2 Å². The van der Waals surface area contributed by atoms with Crippen molar-refractivity contribution in [1.29, 1.82) is 0 Å². The molecule has 0 spiro atoms. The summed E-state index contributed by atoms with van der Waals surface area (Å²) in [6.45, 7) is 0.957. The van der Waals surface area contributed by atoms with Crippen molar-refractivity contribution >= 4 is 11.9 Å². The zero-order chi connectivity index (χ0) is 21.0. The Morgan fingerprint density at radius 3 is 2.31 bits per heavy atom. The van der Waals surface area contributed by atoms with Crippen molar-refractivity contribution in [3.63, 3.8) is 0 Å². The molecular formula is C21H21F3N2O3. The van der Waals surface area contributed by atoms with Gasteiger partial charge in [-0.15, -0.1) is 0 Å². The molecule has 0 aliphatic carbocycles. The van der Waals surface area contributed by atoms with Gasteiger partial charge < -0.3 is 10.4 Å². The molecule has 2 atom stereocenters. The molecule has 8 heteroatoms. The summed E-state index contributed by atoms with van der Waals surface area (Å²) in [7, 11) is 0. The molecule has 0 aromatic heterocycles. The zero-order valence-corrected chi connectivity index (χ0v) is 15.5. The number of hydrogen-bond acceptors (Lipinski definition) is 3. The molecule has 154 valence electrons. The molecule has 1 saturated heterocycles. The predicted octanol–water partition coefficient (Wildman–Crippen LogP) is 3.15.